The number of halogens is 1. The lowest BCUT2D eigenvalue weighted by atomic mass is 10.1. The van der Waals surface area contributed by atoms with Gasteiger partial charge in [0.15, 0.2) is 5.82 Å². The molecule has 0 bridgehead atoms. The first-order valence-electron chi connectivity index (χ1n) is 7.14. The maximum Gasteiger partial charge on any atom is 0.226 e. The molecule has 0 saturated heterocycles. The summed E-state index contributed by atoms with van der Waals surface area (Å²) in [5, 5.41) is 3.19. The van der Waals surface area contributed by atoms with Gasteiger partial charge in [-0.25, -0.2) is 4.39 Å². The molecule has 0 aliphatic carbocycles. The van der Waals surface area contributed by atoms with Gasteiger partial charge in [-0.2, -0.15) is 9.36 Å². The van der Waals surface area contributed by atoms with Crippen molar-refractivity contribution in [3.63, 3.8) is 0 Å². The first-order chi connectivity index (χ1) is 11.2. The molecule has 3 rings (SSSR count). The van der Waals surface area contributed by atoms with Crippen molar-refractivity contribution in [2.75, 3.05) is 5.32 Å². The number of carbonyl (C=O) groups excluding carboxylic acids is 1. The van der Waals surface area contributed by atoms with Gasteiger partial charge in [0, 0.05) is 23.5 Å². The molecule has 0 spiro atoms. The van der Waals surface area contributed by atoms with Crippen LogP contribution in [0.2, 0.25) is 0 Å². The van der Waals surface area contributed by atoms with E-state index >= 15 is 0 Å². The van der Waals surface area contributed by atoms with Crippen molar-refractivity contribution in [2.45, 2.75) is 12.8 Å². The van der Waals surface area contributed by atoms with Crippen LogP contribution in [0.25, 0.3) is 11.4 Å². The first kappa shape index (κ1) is 15.3. The molecule has 0 aliphatic heterocycles. The Kier molecular flexibility index (Phi) is 4.73. The smallest absolute Gasteiger partial charge is 0.226 e. The van der Waals surface area contributed by atoms with Gasteiger partial charge in [0.1, 0.15) is 5.82 Å². The Morgan fingerprint density at radius 2 is 1.96 bits per heavy atom. The summed E-state index contributed by atoms with van der Waals surface area (Å²) in [5.41, 5.74) is 1.70. The van der Waals surface area contributed by atoms with Crippen molar-refractivity contribution in [1.29, 1.82) is 0 Å². The molecular weight excluding hydrogens is 313 g/mol. The Morgan fingerprint density at radius 1 is 1.13 bits per heavy atom. The third kappa shape index (κ3) is 4.20. The third-order valence-corrected chi connectivity index (χ3v) is 3.86. The van der Waals surface area contributed by atoms with E-state index in [-0.39, 0.29) is 18.1 Å². The van der Waals surface area contributed by atoms with Crippen molar-refractivity contribution >= 4 is 22.6 Å². The van der Waals surface area contributed by atoms with E-state index < -0.39 is 0 Å². The number of carbonyl (C=O) groups is 1. The quantitative estimate of drug-likeness (QED) is 0.773. The maximum atomic E-state index is 13.1. The second-order valence-electron chi connectivity index (χ2n) is 4.97. The highest BCUT2D eigenvalue weighted by atomic mass is 32.1. The zero-order valence-corrected chi connectivity index (χ0v) is 13.0. The van der Waals surface area contributed by atoms with Crippen LogP contribution >= 0.6 is 11.5 Å². The van der Waals surface area contributed by atoms with Crippen LogP contribution in [0.5, 0.6) is 0 Å². The van der Waals surface area contributed by atoms with Gasteiger partial charge < -0.3 is 5.32 Å². The van der Waals surface area contributed by atoms with E-state index in [1.165, 1.54) is 12.1 Å². The molecule has 1 heterocycles. The van der Waals surface area contributed by atoms with Crippen LogP contribution in [0, 0.1) is 5.82 Å². The summed E-state index contributed by atoms with van der Waals surface area (Å²) < 4.78 is 17.3. The number of nitrogens with zero attached hydrogens (tertiary/aromatic N) is 2. The zero-order chi connectivity index (χ0) is 16.1. The normalized spacial score (nSPS) is 10.5. The van der Waals surface area contributed by atoms with Gasteiger partial charge in [-0.3, -0.25) is 4.79 Å². The Balaban J connectivity index is 1.57. The Morgan fingerprint density at radius 3 is 2.74 bits per heavy atom. The number of amides is 1. The summed E-state index contributed by atoms with van der Waals surface area (Å²) in [6.07, 6.45) is 0.748. The number of hydrogen-bond acceptors (Lipinski definition) is 4. The molecule has 1 aromatic heterocycles. The van der Waals surface area contributed by atoms with Gasteiger partial charge in [-0.1, -0.05) is 42.5 Å². The molecule has 0 aliphatic rings. The highest BCUT2D eigenvalue weighted by molar-refractivity contribution is 7.10. The topological polar surface area (TPSA) is 54.9 Å². The molecule has 23 heavy (non-hydrogen) atoms. The molecule has 3 aromatic rings. The van der Waals surface area contributed by atoms with Crippen LogP contribution < -0.4 is 5.32 Å². The predicted molar refractivity (Wildman–Crippen MR) is 88.7 cm³/mol. The van der Waals surface area contributed by atoms with E-state index in [0.717, 1.165) is 22.7 Å². The zero-order valence-electron chi connectivity index (χ0n) is 12.2. The fourth-order valence-electron chi connectivity index (χ4n) is 2.11. The van der Waals surface area contributed by atoms with E-state index in [0.29, 0.717) is 17.4 Å². The second-order valence-corrected chi connectivity index (χ2v) is 5.72. The molecule has 1 N–H and O–H groups in total. The number of anilines is 1. The molecule has 4 nitrogen and oxygen atoms in total. The van der Waals surface area contributed by atoms with Gasteiger partial charge in [-0.05, 0) is 24.1 Å². The summed E-state index contributed by atoms with van der Waals surface area (Å²) >= 11 is 1.14. The van der Waals surface area contributed by atoms with Crippen molar-refractivity contribution < 1.29 is 9.18 Å². The number of aryl methyl sites for hydroxylation is 1. The lowest BCUT2D eigenvalue weighted by molar-refractivity contribution is -0.116. The SMILES string of the molecule is O=C(CCc1cccc(F)c1)Nc1nc(-c2ccccc2)ns1. The molecule has 2 aromatic carbocycles. The molecule has 0 fully saturated rings. The van der Waals surface area contributed by atoms with Crippen molar-refractivity contribution in [2.24, 2.45) is 0 Å². The average molecular weight is 327 g/mol. The van der Waals surface area contributed by atoms with Gasteiger partial charge in [-0.15, -0.1) is 0 Å². The van der Waals surface area contributed by atoms with Gasteiger partial charge in [0.2, 0.25) is 11.0 Å². The summed E-state index contributed by atoms with van der Waals surface area (Å²) in [6, 6.07) is 15.8. The summed E-state index contributed by atoms with van der Waals surface area (Å²) in [7, 11) is 0. The molecule has 6 heteroatoms. The molecule has 0 atom stereocenters. The number of benzene rings is 2. The van der Waals surface area contributed by atoms with E-state index in [1.807, 2.05) is 30.3 Å². The molecule has 0 radical (unpaired) electrons. The van der Waals surface area contributed by atoms with Crippen LogP contribution in [0.4, 0.5) is 9.52 Å². The van der Waals surface area contributed by atoms with Gasteiger partial charge in [0.05, 0.1) is 0 Å². The predicted octanol–water partition coefficient (Wildman–Crippen LogP) is 3.92. The van der Waals surface area contributed by atoms with Crippen LogP contribution in [0.15, 0.2) is 54.6 Å². The summed E-state index contributed by atoms with van der Waals surface area (Å²) in [6.45, 7) is 0. The minimum Gasteiger partial charge on any atom is -0.301 e. The first-order valence-corrected chi connectivity index (χ1v) is 7.91. The second kappa shape index (κ2) is 7.11. The highest BCUT2D eigenvalue weighted by Gasteiger charge is 2.09. The molecule has 1 amide bonds. The van der Waals surface area contributed by atoms with Gasteiger partial charge >= 0.3 is 0 Å². The lowest BCUT2D eigenvalue weighted by Crippen LogP contribution is -2.12. The van der Waals surface area contributed by atoms with E-state index in [4.69, 9.17) is 0 Å². The van der Waals surface area contributed by atoms with Crippen LogP contribution in [-0.2, 0) is 11.2 Å². The van der Waals surface area contributed by atoms with Crippen LogP contribution in [0.1, 0.15) is 12.0 Å². The van der Waals surface area contributed by atoms with E-state index in [2.05, 4.69) is 14.7 Å². The number of hydrogen-bond donors (Lipinski definition) is 1. The summed E-state index contributed by atoms with van der Waals surface area (Å²) in [5.74, 6) is 0.139. The minimum absolute atomic E-state index is 0.162. The largest absolute Gasteiger partial charge is 0.301 e. The van der Waals surface area contributed by atoms with Crippen LogP contribution in [0.3, 0.4) is 0 Å². The van der Waals surface area contributed by atoms with Crippen molar-refractivity contribution in [3.05, 3.63) is 66.0 Å². The molecular formula is C17H14FN3OS. The number of nitrogens with one attached hydrogen (secondary N) is 1. The van der Waals surface area contributed by atoms with Crippen molar-refractivity contribution in [1.82, 2.24) is 9.36 Å². The number of rotatable bonds is 5. The highest BCUT2D eigenvalue weighted by Crippen LogP contribution is 2.20. The molecule has 0 unspecified atom stereocenters. The Hall–Kier alpha value is -2.60. The minimum atomic E-state index is -0.292. The summed E-state index contributed by atoms with van der Waals surface area (Å²) in [4.78, 5) is 16.3. The maximum absolute atomic E-state index is 13.1. The number of aromatic nitrogens is 2. The fourth-order valence-corrected chi connectivity index (χ4v) is 2.72. The molecule has 0 saturated carbocycles. The Bertz CT molecular complexity index is 804. The average Bonchev–Trinajstić information content (AvgIpc) is 3.02. The third-order valence-electron chi connectivity index (χ3n) is 3.23. The van der Waals surface area contributed by atoms with Crippen molar-refractivity contribution in [3.8, 4) is 11.4 Å². The standard InChI is InChI=1S/C17H14FN3OS/c18-14-8-4-5-12(11-14)9-10-15(22)19-17-20-16(21-23-17)13-6-2-1-3-7-13/h1-8,11H,9-10H2,(H,19,20,21,22). The molecule has 116 valence electrons. The van der Waals surface area contributed by atoms with E-state index in [9.17, 15) is 9.18 Å². The fraction of sp³-hybridized carbons (Fsp3) is 0.118. The monoisotopic (exact) mass is 327 g/mol. The Labute approximate surface area is 137 Å². The lowest BCUT2D eigenvalue weighted by Gasteiger charge is -2.02. The van der Waals surface area contributed by atoms with Crippen LogP contribution in [-0.4, -0.2) is 15.3 Å². The van der Waals surface area contributed by atoms with E-state index in [1.54, 1.807) is 12.1 Å². The van der Waals surface area contributed by atoms with Gasteiger partial charge in [0.25, 0.3) is 0 Å².